The molecule has 1 saturated heterocycles. The Morgan fingerprint density at radius 1 is 1.03 bits per heavy atom. The van der Waals surface area contributed by atoms with Gasteiger partial charge in [0.05, 0.1) is 20.6 Å². The Hall–Kier alpha value is -2.47. The van der Waals surface area contributed by atoms with Crippen LogP contribution in [0.5, 0.6) is 0 Å². The second kappa shape index (κ2) is 8.58. The summed E-state index contributed by atoms with van der Waals surface area (Å²) in [7, 11) is 0. The van der Waals surface area contributed by atoms with Crippen molar-refractivity contribution >= 4 is 57.8 Å². The molecule has 0 unspecified atom stereocenters. The second-order valence-corrected chi connectivity index (χ2v) is 9.38. The number of hydrogen-bond acceptors (Lipinski definition) is 3. The van der Waals surface area contributed by atoms with E-state index in [4.69, 9.17) is 23.2 Å². The Bertz CT molecular complexity index is 1250. The van der Waals surface area contributed by atoms with Gasteiger partial charge in [0.25, 0.3) is 5.91 Å². The molecular formula is C24H21Cl2N3OS. The number of halogens is 2. The van der Waals surface area contributed by atoms with Gasteiger partial charge in [0, 0.05) is 17.1 Å². The lowest BCUT2D eigenvalue weighted by atomic mass is 10.1. The SMILES string of the molecule is Cc1cc(C)cc(-n2c(C)cc(/C=C3\SC(=Nc4cccc(Cl)c4Cl)NC3=O)c2C)c1. The third-order valence-corrected chi connectivity index (χ3v) is 6.74. The zero-order valence-corrected chi connectivity index (χ0v) is 19.9. The molecule has 0 spiro atoms. The predicted octanol–water partition coefficient (Wildman–Crippen LogP) is 6.91. The molecule has 3 aromatic rings. The van der Waals surface area contributed by atoms with Crippen LogP contribution in [-0.2, 0) is 4.79 Å². The maximum absolute atomic E-state index is 12.5. The van der Waals surface area contributed by atoms with E-state index in [1.807, 2.05) is 6.08 Å². The molecule has 1 fully saturated rings. The maximum atomic E-state index is 12.5. The fraction of sp³-hybridized carbons (Fsp3) is 0.167. The Balaban J connectivity index is 1.67. The number of carbonyl (C=O) groups excluding carboxylic acids is 1. The van der Waals surface area contributed by atoms with Gasteiger partial charge in [0.15, 0.2) is 5.17 Å². The Kier molecular flexibility index (Phi) is 6.02. The summed E-state index contributed by atoms with van der Waals surface area (Å²) >= 11 is 13.6. The van der Waals surface area contributed by atoms with E-state index < -0.39 is 0 Å². The third kappa shape index (κ3) is 4.45. The van der Waals surface area contributed by atoms with Crippen molar-refractivity contribution in [3.8, 4) is 5.69 Å². The molecule has 1 aliphatic rings. The van der Waals surface area contributed by atoms with Crippen molar-refractivity contribution in [1.82, 2.24) is 9.88 Å². The van der Waals surface area contributed by atoms with E-state index in [0.29, 0.717) is 25.8 Å². The van der Waals surface area contributed by atoms with Crippen molar-refractivity contribution in [1.29, 1.82) is 0 Å². The monoisotopic (exact) mass is 469 g/mol. The number of benzene rings is 2. The topological polar surface area (TPSA) is 46.4 Å². The molecule has 0 bridgehead atoms. The number of thioether (sulfide) groups is 1. The number of aliphatic imine (C=N–C) groups is 1. The van der Waals surface area contributed by atoms with Gasteiger partial charge in [-0.3, -0.25) is 4.79 Å². The molecule has 1 amide bonds. The van der Waals surface area contributed by atoms with Gasteiger partial charge in [-0.25, -0.2) is 4.99 Å². The van der Waals surface area contributed by atoms with Crippen LogP contribution in [0, 0.1) is 27.7 Å². The fourth-order valence-electron chi connectivity index (χ4n) is 3.72. The predicted molar refractivity (Wildman–Crippen MR) is 132 cm³/mol. The number of hydrogen-bond donors (Lipinski definition) is 1. The van der Waals surface area contributed by atoms with E-state index in [0.717, 1.165) is 22.6 Å². The van der Waals surface area contributed by atoms with E-state index in [1.54, 1.807) is 18.2 Å². The van der Waals surface area contributed by atoms with Crippen LogP contribution in [0.1, 0.15) is 28.1 Å². The van der Waals surface area contributed by atoms with E-state index in [-0.39, 0.29) is 5.91 Å². The quantitative estimate of drug-likeness (QED) is 0.423. The summed E-state index contributed by atoms with van der Waals surface area (Å²) in [5, 5.41) is 4.07. The zero-order chi connectivity index (χ0) is 22.3. The Morgan fingerprint density at radius 3 is 2.45 bits per heavy atom. The van der Waals surface area contributed by atoms with E-state index in [9.17, 15) is 4.79 Å². The number of nitrogens with one attached hydrogen (secondary N) is 1. The zero-order valence-electron chi connectivity index (χ0n) is 17.6. The molecule has 158 valence electrons. The summed E-state index contributed by atoms with van der Waals surface area (Å²) in [5.41, 5.74) is 7.26. The highest BCUT2D eigenvalue weighted by molar-refractivity contribution is 8.18. The minimum Gasteiger partial charge on any atom is -0.318 e. The molecule has 4 nitrogen and oxygen atoms in total. The number of amidine groups is 1. The smallest absolute Gasteiger partial charge is 0.264 e. The molecule has 1 N–H and O–H groups in total. The number of rotatable bonds is 3. The summed E-state index contributed by atoms with van der Waals surface area (Å²) in [6.45, 7) is 8.33. The summed E-state index contributed by atoms with van der Waals surface area (Å²) in [4.78, 5) is 17.6. The molecule has 0 radical (unpaired) electrons. The molecule has 7 heteroatoms. The van der Waals surface area contributed by atoms with Gasteiger partial charge in [-0.05, 0) is 92.6 Å². The maximum Gasteiger partial charge on any atom is 0.264 e. The lowest BCUT2D eigenvalue weighted by molar-refractivity contribution is -0.115. The lowest BCUT2D eigenvalue weighted by Crippen LogP contribution is -2.19. The van der Waals surface area contributed by atoms with Gasteiger partial charge in [0.2, 0.25) is 0 Å². The average Bonchev–Trinajstić information content (AvgIpc) is 3.17. The average molecular weight is 470 g/mol. The molecule has 0 aliphatic carbocycles. The van der Waals surface area contributed by atoms with Crippen molar-refractivity contribution in [2.45, 2.75) is 27.7 Å². The standard InChI is InChI=1S/C24H21Cl2N3OS/c1-13-8-14(2)10-18(9-13)29-15(3)11-17(16(29)4)12-21-23(30)28-24(31-21)27-20-7-5-6-19(25)22(20)26/h5-12H,1-4H3,(H,27,28,30)/b21-12-. The molecule has 2 aromatic carbocycles. The second-order valence-electron chi connectivity index (χ2n) is 7.56. The van der Waals surface area contributed by atoms with Crippen molar-refractivity contribution < 1.29 is 4.79 Å². The van der Waals surface area contributed by atoms with Gasteiger partial charge in [-0.15, -0.1) is 0 Å². The summed E-state index contributed by atoms with van der Waals surface area (Å²) in [5.74, 6) is -0.182. The highest BCUT2D eigenvalue weighted by atomic mass is 35.5. The molecule has 1 aromatic heterocycles. The Morgan fingerprint density at radius 2 is 1.74 bits per heavy atom. The number of carbonyl (C=O) groups is 1. The first kappa shape index (κ1) is 21.8. The highest BCUT2D eigenvalue weighted by Crippen LogP contribution is 2.35. The van der Waals surface area contributed by atoms with Crippen LogP contribution in [-0.4, -0.2) is 15.6 Å². The first-order valence-corrected chi connectivity index (χ1v) is 11.3. The highest BCUT2D eigenvalue weighted by Gasteiger charge is 2.25. The lowest BCUT2D eigenvalue weighted by Gasteiger charge is -2.12. The number of aryl methyl sites for hydroxylation is 3. The van der Waals surface area contributed by atoms with Gasteiger partial charge in [-0.2, -0.15) is 0 Å². The van der Waals surface area contributed by atoms with Gasteiger partial charge < -0.3 is 9.88 Å². The van der Waals surface area contributed by atoms with Gasteiger partial charge in [-0.1, -0.05) is 35.3 Å². The molecular weight excluding hydrogens is 449 g/mol. The van der Waals surface area contributed by atoms with Gasteiger partial charge in [0.1, 0.15) is 0 Å². The van der Waals surface area contributed by atoms with Crippen LogP contribution >= 0.6 is 35.0 Å². The van der Waals surface area contributed by atoms with Crippen molar-refractivity contribution in [3.05, 3.63) is 85.5 Å². The van der Waals surface area contributed by atoms with Crippen molar-refractivity contribution in [2.24, 2.45) is 4.99 Å². The molecule has 4 rings (SSSR count). The molecule has 1 aliphatic heterocycles. The minimum atomic E-state index is -0.182. The van der Waals surface area contributed by atoms with Gasteiger partial charge >= 0.3 is 0 Å². The normalized spacial score (nSPS) is 16.4. The van der Waals surface area contributed by atoms with Crippen molar-refractivity contribution in [3.63, 3.8) is 0 Å². The Labute approximate surface area is 196 Å². The first-order valence-electron chi connectivity index (χ1n) is 9.74. The van der Waals surface area contributed by atoms with Crippen LogP contribution in [0.25, 0.3) is 11.8 Å². The minimum absolute atomic E-state index is 0.182. The van der Waals surface area contributed by atoms with E-state index in [1.165, 1.54) is 22.9 Å². The van der Waals surface area contributed by atoms with E-state index in [2.05, 4.69) is 66.8 Å². The molecule has 2 heterocycles. The van der Waals surface area contributed by atoms with Crippen LogP contribution in [0.2, 0.25) is 10.0 Å². The summed E-state index contributed by atoms with van der Waals surface area (Å²) in [6, 6.07) is 13.8. The third-order valence-electron chi connectivity index (χ3n) is 5.03. The van der Waals surface area contributed by atoms with Crippen LogP contribution in [0.4, 0.5) is 5.69 Å². The number of nitrogens with zero attached hydrogens (tertiary/aromatic N) is 2. The number of aromatic nitrogens is 1. The number of amides is 1. The largest absolute Gasteiger partial charge is 0.318 e. The summed E-state index contributed by atoms with van der Waals surface area (Å²) < 4.78 is 2.21. The van der Waals surface area contributed by atoms with Crippen LogP contribution < -0.4 is 5.32 Å². The molecule has 0 atom stereocenters. The van der Waals surface area contributed by atoms with E-state index >= 15 is 0 Å². The first-order chi connectivity index (χ1) is 14.7. The van der Waals surface area contributed by atoms with Crippen LogP contribution in [0.3, 0.4) is 0 Å². The molecule has 0 saturated carbocycles. The van der Waals surface area contributed by atoms with Crippen molar-refractivity contribution in [2.75, 3.05) is 0 Å². The fourth-order valence-corrected chi connectivity index (χ4v) is 4.88. The summed E-state index contributed by atoms with van der Waals surface area (Å²) in [6.07, 6.45) is 1.91. The van der Waals surface area contributed by atoms with Crippen LogP contribution in [0.15, 0.2) is 52.4 Å². The molecule has 31 heavy (non-hydrogen) atoms.